The van der Waals surface area contributed by atoms with Crippen LogP contribution in [0.25, 0.3) is 22.3 Å². The van der Waals surface area contributed by atoms with Gasteiger partial charge in [-0.05, 0) is 61.5 Å². The Labute approximate surface area is 190 Å². The van der Waals surface area contributed by atoms with E-state index in [1.54, 1.807) is 80.8 Å². The molecule has 0 spiro atoms. The number of furan rings is 1. The van der Waals surface area contributed by atoms with Gasteiger partial charge >= 0.3 is 11.9 Å². The summed E-state index contributed by atoms with van der Waals surface area (Å²) in [6.45, 7) is 1.93. The fourth-order valence-electron chi connectivity index (χ4n) is 3.47. The second kappa shape index (κ2) is 9.48. The van der Waals surface area contributed by atoms with Crippen molar-refractivity contribution in [2.45, 2.75) is 6.92 Å². The van der Waals surface area contributed by atoms with E-state index in [9.17, 15) is 9.59 Å². The van der Waals surface area contributed by atoms with Crippen molar-refractivity contribution < 1.29 is 33.0 Å². The second-order valence-corrected chi connectivity index (χ2v) is 7.00. The van der Waals surface area contributed by atoms with Gasteiger partial charge in [0.1, 0.15) is 39.7 Å². The van der Waals surface area contributed by atoms with Crippen LogP contribution >= 0.6 is 0 Å². The van der Waals surface area contributed by atoms with Gasteiger partial charge in [-0.15, -0.1) is 0 Å². The first kappa shape index (κ1) is 22.0. The maximum atomic E-state index is 12.8. The SMILES string of the molecule is CCOC(=O)c1c(-c2ccc(OC)cc2)oc2ccc(OC(=O)c3ccccc3OC)cc12. The summed E-state index contributed by atoms with van der Waals surface area (Å²) in [5, 5.41) is 0.476. The molecule has 1 heterocycles. The van der Waals surface area contributed by atoms with Crippen LogP contribution in [0, 0.1) is 0 Å². The minimum Gasteiger partial charge on any atom is -0.497 e. The van der Waals surface area contributed by atoms with Gasteiger partial charge in [0.25, 0.3) is 0 Å². The molecule has 7 heteroatoms. The summed E-state index contributed by atoms with van der Waals surface area (Å²) >= 11 is 0. The van der Waals surface area contributed by atoms with Crippen molar-refractivity contribution in [1.82, 2.24) is 0 Å². The molecule has 0 unspecified atom stereocenters. The quantitative estimate of drug-likeness (QED) is 0.273. The molecule has 0 saturated heterocycles. The van der Waals surface area contributed by atoms with Gasteiger partial charge in [0.2, 0.25) is 0 Å². The summed E-state index contributed by atoms with van der Waals surface area (Å²) in [5.41, 5.74) is 1.69. The van der Waals surface area contributed by atoms with Crippen molar-refractivity contribution >= 4 is 22.9 Å². The third-order valence-corrected chi connectivity index (χ3v) is 5.03. The van der Waals surface area contributed by atoms with Gasteiger partial charge in [-0.1, -0.05) is 12.1 Å². The van der Waals surface area contributed by atoms with E-state index >= 15 is 0 Å². The molecule has 0 fully saturated rings. The lowest BCUT2D eigenvalue weighted by atomic mass is 10.1. The maximum absolute atomic E-state index is 12.8. The largest absolute Gasteiger partial charge is 0.497 e. The van der Waals surface area contributed by atoms with Crippen molar-refractivity contribution in [1.29, 1.82) is 0 Å². The van der Waals surface area contributed by atoms with Gasteiger partial charge in [0.05, 0.1) is 20.8 Å². The van der Waals surface area contributed by atoms with Gasteiger partial charge in [-0.25, -0.2) is 9.59 Å². The zero-order valence-electron chi connectivity index (χ0n) is 18.4. The number of hydrogen-bond acceptors (Lipinski definition) is 7. The Kier molecular flexibility index (Phi) is 6.31. The van der Waals surface area contributed by atoms with Crippen LogP contribution in [0.15, 0.2) is 71.1 Å². The summed E-state index contributed by atoms with van der Waals surface area (Å²) < 4.78 is 27.3. The molecule has 1 aromatic heterocycles. The van der Waals surface area contributed by atoms with Crippen LogP contribution in [-0.4, -0.2) is 32.8 Å². The van der Waals surface area contributed by atoms with Crippen LogP contribution < -0.4 is 14.2 Å². The number of carbonyl (C=O) groups is 2. The minimum atomic E-state index is -0.580. The molecule has 0 saturated carbocycles. The van der Waals surface area contributed by atoms with E-state index < -0.39 is 11.9 Å². The molecule has 4 rings (SSSR count). The molecular formula is C26H22O7. The molecule has 33 heavy (non-hydrogen) atoms. The smallest absolute Gasteiger partial charge is 0.347 e. The summed E-state index contributed by atoms with van der Waals surface area (Å²) in [4.78, 5) is 25.6. The molecule has 0 radical (unpaired) electrons. The topological polar surface area (TPSA) is 84.2 Å². The predicted octanol–water partition coefficient (Wildman–Crippen LogP) is 5.51. The van der Waals surface area contributed by atoms with Crippen molar-refractivity contribution in [2.24, 2.45) is 0 Å². The highest BCUT2D eigenvalue weighted by molar-refractivity contribution is 6.09. The molecule has 3 aromatic carbocycles. The van der Waals surface area contributed by atoms with Crippen molar-refractivity contribution in [3.8, 4) is 28.6 Å². The zero-order chi connectivity index (χ0) is 23.4. The Bertz CT molecular complexity index is 1300. The molecule has 0 aliphatic heterocycles. The molecule has 0 aliphatic rings. The highest BCUT2D eigenvalue weighted by Gasteiger charge is 2.24. The van der Waals surface area contributed by atoms with E-state index in [0.29, 0.717) is 33.8 Å². The fraction of sp³-hybridized carbons (Fsp3) is 0.154. The molecule has 0 N–H and O–H groups in total. The highest BCUT2D eigenvalue weighted by atomic mass is 16.5. The average Bonchev–Trinajstić information content (AvgIpc) is 3.23. The molecule has 0 atom stereocenters. The Morgan fingerprint density at radius 3 is 2.27 bits per heavy atom. The lowest BCUT2D eigenvalue weighted by molar-refractivity contribution is 0.0528. The second-order valence-electron chi connectivity index (χ2n) is 7.00. The lowest BCUT2D eigenvalue weighted by Crippen LogP contribution is -2.10. The monoisotopic (exact) mass is 446 g/mol. The molecular weight excluding hydrogens is 424 g/mol. The molecule has 4 aromatic rings. The number of methoxy groups -OCH3 is 2. The van der Waals surface area contributed by atoms with Crippen LogP contribution in [0.5, 0.6) is 17.2 Å². The van der Waals surface area contributed by atoms with E-state index in [1.165, 1.54) is 7.11 Å². The number of ether oxygens (including phenoxy) is 4. The van der Waals surface area contributed by atoms with E-state index in [0.717, 1.165) is 0 Å². The third-order valence-electron chi connectivity index (χ3n) is 5.03. The van der Waals surface area contributed by atoms with Crippen LogP contribution in [-0.2, 0) is 4.74 Å². The molecule has 168 valence electrons. The number of fused-ring (bicyclic) bond motifs is 1. The first-order valence-corrected chi connectivity index (χ1v) is 10.3. The average molecular weight is 446 g/mol. The van der Waals surface area contributed by atoms with E-state index in [1.807, 2.05) is 0 Å². The third kappa shape index (κ3) is 4.39. The zero-order valence-corrected chi connectivity index (χ0v) is 18.4. The fourth-order valence-corrected chi connectivity index (χ4v) is 3.47. The Morgan fingerprint density at radius 1 is 0.848 bits per heavy atom. The van der Waals surface area contributed by atoms with Crippen LogP contribution in [0.3, 0.4) is 0 Å². The highest BCUT2D eigenvalue weighted by Crippen LogP contribution is 2.37. The summed E-state index contributed by atoms with van der Waals surface area (Å²) in [5.74, 6) is 0.586. The summed E-state index contributed by atoms with van der Waals surface area (Å²) in [6.07, 6.45) is 0. The van der Waals surface area contributed by atoms with Gasteiger partial charge in [-0.2, -0.15) is 0 Å². The normalized spacial score (nSPS) is 10.6. The summed E-state index contributed by atoms with van der Waals surface area (Å²) in [6, 6.07) is 18.8. The number of esters is 2. The van der Waals surface area contributed by atoms with E-state index in [-0.39, 0.29) is 23.5 Å². The van der Waals surface area contributed by atoms with Gasteiger partial charge < -0.3 is 23.4 Å². The number of carbonyl (C=O) groups excluding carboxylic acids is 2. The lowest BCUT2D eigenvalue weighted by Gasteiger charge is -2.08. The van der Waals surface area contributed by atoms with Gasteiger partial charge in [0.15, 0.2) is 0 Å². The first-order chi connectivity index (χ1) is 16.0. The number of hydrogen-bond donors (Lipinski definition) is 0. The molecule has 7 nitrogen and oxygen atoms in total. The number of para-hydroxylation sites is 1. The van der Waals surface area contributed by atoms with Gasteiger partial charge in [-0.3, -0.25) is 0 Å². The Morgan fingerprint density at radius 2 is 1.58 bits per heavy atom. The Balaban J connectivity index is 1.76. The van der Waals surface area contributed by atoms with Crippen LogP contribution in [0.1, 0.15) is 27.6 Å². The first-order valence-electron chi connectivity index (χ1n) is 10.3. The van der Waals surface area contributed by atoms with E-state index in [4.69, 9.17) is 23.4 Å². The maximum Gasteiger partial charge on any atom is 0.347 e. The van der Waals surface area contributed by atoms with Crippen LogP contribution in [0.4, 0.5) is 0 Å². The van der Waals surface area contributed by atoms with Gasteiger partial charge in [0, 0.05) is 10.9 Å². The van der Waals surface area contributed by atoms with Crippen molar-refractivity contribution in [3.05, 3.63) is 77.9 Å². The molecule has 0 aliphatic carbocycles. The Hall–Kier alpha value is -4.26. The van der Waals surface area contributed by atoms with Crippen LogP contribution in [0.2, 0.25) is 0 Å². The van der Waals surface area contributed by atoms with Crippen molar-refractivity contribution in [3.63, 3.8) is 0 Å². The number of rotatable bonds is 7. The van der Waals surface area contributed by atoms with E-state index in [2.05, 4.69) is 0 Å². The minimum absolute atomic E-state index is 0.204. The number of benzene rings is 3. The predicted molar refractivity (Wildman–Crippen MR) is 122 cm³/mol. The summed E-state index contributed by atoms with van der Waals surface area (Å²) in [7, 11) is 3.06. The molecule has 0 amide bonds. The standard InChI is InChI=1S/C26H22O7/c1-4-31-26(28)23-20-15-18(32-25(27)19-7-5-6-8-21(19)30-3)13-14-22(20)33-24(23)16-9-11-17(29-2)12-10-16/h5-15H,4H2,1-3H3. The molecule has 0 bridgehead atoms. The van der Waals surface area contributed by atoms with Crippen molar-refractivity contribution in [2.75, 3.05) is 20.8 Å².